The molecular formula is C15H20N2S. The zero-order chi connectivity index (χ0) is 12.8. The molecule has 1 heterocycles. The molecule has 1 atom stereocenters. The van der Waals surface area contributed by atoms with Crippen molar-refractivity contribution < 1.29 is 0 Å². The highest BCUT2D eigenvalue weighted by Crippen LogP contribution is 2.26. The Morgan fingerprint density at radius 1 is 1.33 bits per heavy atom. The highest BCUT2D eigenvalue weighted by molar-refractivity contribution is 7.98. The molecule has 0 radical (unpaired) electrons. The zero-order valence-electron chi connectivity index (χ0n) is 11.0. The molecular weight excluding hydrogens is 240 g/mol. The maximum Gasteiger partial charge on any atom is 0.0349 e. The summed E-state index contributed by atoms with van der Waals surface area (Å²) >= 11 is 1.90. The number of pyridine rings is 1. The summed E-state index contributed by atoms with van der Waals surface area (Å²) in [4.78, 5) is 4.26. The number of nitrogens with zero attached hydrogens (tertiary/aromatic N) is 1. The minimum atomic E-state index is 0.426. The molecule has 1 aromatic heterocycles. The van der Waals surface area contributed by atoms with Crippen LogP contribution >= 0.6 is 11.8 Å². The van der Waals surface area contributed by atoms with Gasteiger partial charge >= 0.3 is 0 Å². The second-order valence-electron chi connectivity index (χ2n) is 4.34. The summed E-state index contributed by atoms with van der Waals surface area (Å²) in [5, 5.41) is 6.13. The molecule has 0 amide bonds. The van der Waals surface area contributed by atoms with Crippen molar-refractivity contribution >= 4 is 22.5 Å². The van der Waals surface area contributed by atoms with Crippen molar-refractivity contribution in [3.63, 3.8) is 0 Å². The van der Waals surface area contributed by atoms with E-state index in [1.54, 1.807) is 0 Å². The molecule has 0 aliphatic heterocycles. The lowest BCUT2D eigenvalue weighted by Crippen LogP contribution is -2.21. The second-order valence-corrected chi connectivity index (χ2v) is 5.32. The summed E-state index contributed by atoms with van der Waals surface area (Å²) in [6.07, 6.45) is 7.15. The van der Waals surface area contributed by atoms with Gasteiger partial charge in [0.2, 0.25) is 0 Å². The van der Waals surface area contributed by atoms with Crippen LogP contribution < -0.4 is 5.32 Å². The summed E-state index contributed by atoms with van der Waals surface area (Å²) < 4.78 is 0. The molecule has 0 fully saturated rings. The predicted octanol–water partition coefficient (Wildman–Crippen LogP) is 3.64. The summed E-state index contributed by atoms with van der Waals surface area (Å²) in [7, 11) is 0. The number of fused-ring (bicyclic) bond motifs is 1. The smallest absolute Gasteiger partial charge is 0.0349 e. The van der Waals surface area contributed by atoms with Gasteiger partial charge in [-0.3, -0.25) is 4.98 Å². The number of thioether (sulfide) groups is 1. The van der Waals surface area contributed by atoms with Crippen LogP contribution in [0.5, 0.6) is 0 Å². The lowest BCUT2D eigenvalue weighted by Gasteiger charge is -2.19. The molecule has 96 valence electrons. The van der Waals surface area contributed by atoms with Gasteiger partial charge in [0.15, 0.2) is 0 Å². The minimum absolute atomic E-state index is 0.426. The fraction of sp³-hybridized carbons (Fsp3) is 0.400. The molecule has 0 bridgehead atoms. The van der Waals surface area contributed by atoms with E-state index in [9.17, 15) is 0 Å². The average molecular weight is 260 g/mol. The largest absolute Gasteiger partial charge is 0.310 e. The molecule has 1 unspecified atom stereocenters. The number of hydrogen-bond donors (Lipinski definition) is 1. The number of nitrogens with one attached hydrogen (secondary N) is 1. The molecule has 0 saturated heterocycles. The molecule has 0 aliphatic carbocycles. The Kier molecular flexibility index (Phi) is 5.02. The van der Waals surface area contributed by atoms with Gasteiger partial charge in [0.25, 0.3) is 0 Å². The zero-order valence-corrected chi connectivity index (χ0v) is 11.8. The van der Waals surface area contributed by atoms with Crippen LogP contribution in [-0.4, -0.2) is 23.5 Å². The fourth-order valence-corrected chi connectivity index (χ4v) is 2.76. The molecule has 18 heavy (non-hydrogen) atoms. The van der Waals surface area contributed by atoms with Gasteiger partial charge in [-0.1, -0.05) is 25.1 Å². The molecule has 2 nitrogen and oxygen atoms in total. The third kappa shape index (κ3) is 3.03. The van der Waals surface area contributed by atoms with Crippen LogP contribution in [0.2, 0.25) is 0 Å². The van der Waals surface area contributed by atoms with E-state index in [1.165, 1.54) is 22.1 Å². The van der Waals surface area contributed by atoms with Crippen LogP contribution in [0.3, 0.4) is 0 Å². The summed E-state index contributed by atoms with van der Waals surface area (Å²) in [6.45, 7) is 3.16. The first-order valence-corrected chi connectivity index (χ1v) is 7.81. The maximum atomic E-state index is 4.26. The molecule has 1 aromatic carbocycles. The molecule has 2 aromatic rings. The van der Waals surface area contributed by atoms with E-state index in [2.05, 4.69) is 47.7 Å². The van der Waals surface area contributed by atoms with Crippen LogP contribution in [0.25, 0.3) is 10.8 Å². The molecule has 3 heteroatoms. The van der Waals surface area contributed by atoms with E-state index in [-0.39, 0.29) is 0 Å². The van der Waals surface area contributed by atoms with Crippen LogP contribution in [0.15, 0.2) is 36.7 Å². The summed E-state index contributed by atoms with van der Waals surface area (Å²) in [6, 6.07) is 9.02. The Bertz CT molecular complexity index is 493. The lowest BCUT2D eigenvalue weighted by atomic mass is 9.98. The Balaban J connectivity index is 2.36. The van der Waals surface area contributed by atoms with Gasteiger partial charge in [-0.2, -0.15) is 11.8 Å². The Morgan fingerprint density at radius 3 is 3.00 bits per heavy atom. The maximum absolute atomic E-state index is 4.26. The van der Waals surface area contributed by atoms with Crippen molar-refractivity contribution in [2.24, 2.45) is 0 Å². The summed E-state index contributed by atoms with van der Waals surface area (Å²) in [5.74, 6) is 1.17. The van der Waals surface area contributed by atoms with E-state index in [1.807, 2.05) is 24.2 Å². The van der Waals surface area contributed by atoms with Gasteiger partial charge in [-0.05, 0) is 42.0 Å². The predicted molar refractivity (Wildman–Crippen MR) is 81.2 cm³/mol. The first-order chi connectivity index (χ1) is 8.86. The van der Waals surface area contributed by atoms with E-state index in [0.29, 0.717) is 6.04 Å². The molecule has 1 N–H and O–H groups in total. The van der Waals surface area contributed by atoms with Crippen LogP contribution in [0, 0.1) is 0 Å². The van der Waals surface area contributed by atoms with Gasteiger partial charge in [-0.15, -0.1) is 0 Å². The number of rotatable bonds is 6. The quantitative estimate of drug-likeness (QED) is 0.858. The lowest BCUT2D eigenvalue weighted by molar-refractivity contribution is 0.544. The monoisotopic (exact) mass is 260 g/mol. The normalized spacial score (nSPS) is 12.8. The van der Waals surface area contributed by atoms with Crippen molar-refractivity contribution in [2.75, 3.05) is 18.6 Å². The summed E-state index contributed by atoms with van der Waals surface area (Å²) in [5.41, 5.74) is 1.37. The fourth-order valence-electron chi connectivity index (χ4n) is 2.29. The number of hydrogen-bond acceptors (Lipinski definition) is 3. The van der Waals surface area contributed by atoms with Crippen molar-refractivity contribution in [2.45, 2.75) is 19.4 Å². The van der Waals surface area contributed by atoms with E-state index in [4.69, 9.17) is 0 Å². The topological polar surface area (TPSA) is 24.9 Å². The highest BCUT2D eigenvalue weighted by Gasteiger charge is 2.12. The molecule has 0 spiro atoms. The average Bonchev–Trinajstić information content (AvgIpc) is 2.43. The Hall–Kier alpha value is -1.06. The molecule has 2 rings (SSSR count). The third-order valence-corrected chi connectivity index (χ3v) is 3.80. The third-order valence-electron chi connectivity index (χ3n) is 3.15. The number of benzene rings is 1. The Labute approximate surface area is 113 Å². The van der Waals surface area contributed by atoms with Crippen molar-refractivity contribution in [1.82, 2.24) is 10.3 Å². The second kappa shape index (κ2) is 6.76. The minimum Gasteiger partial charge on any atom is -0.310 e. The van der Waals surface area contributed by atoms with Gasteiger partial charge in [0, 0.05) is 23.8 Å². The van der Waals surface area contributed by atoms with E-state index in [0.717, 1.165) is 13.0 Å². The van der Waals surface area contributed by atoms with Crippen molar-refractivity contribution in [1.29, 1.82) is 0 Å². The van der Waals surface area contributed by atoms with Gasteiger partial charge in [0.05, 0.1) is 0 Å². The highest BCUT2D eigenvalue weighted by atomic mass is 32.2. The van der Waals surface area contributed by atoms with Gasteiger partial charge in [-0.25, -0.2) is 0 Å². The van der Waals surface area contributed by atoms with Crippen LogP contribution in [-0.2, 0) is 0 Å². The standard InChI is InChI=1S/C15H20N2S/c1-3-17-15(8-10-18-2)13-6-4-5-12-7-9-16-11-14(12)13/h4-7,9,11,15,17H,3,8,10H2,1-2H3. The first kappa shape index (κ1) is 13.4. The molecule has 0 saturated carbocycles. The number of aromatic nitrogens is 1. The van der Waals surface area contributed by atoms with E-state index >= 15 is 0 Å². The van der Waals surface area contributed by atoms with Crippen LogP contribution in [0.1, 0.15) is 24.9 Å². The van der Waals surface area contributed by atoms with Gasteiger partial charge in [0.1, 0.15) is 0 Å². The Morgan fingerprint density at radius 2 is 2.22 bits per heavy atom. The van der Waals surface area contributed by atoms with Crippen molar-refractivity contribution in [3.8, 4) is 0 Å². The van der Waals surface area contributed by atoms with E-state index < -0.39 is 0 Å². The van der Waals surface area contributed by atoms with Crippen LogP contribution in [0.4, 0.5) is 0 Å². The first-order valence-electron chi connectivity index (χ1n) is 6.41. The SMILES string of the molecule is CCNC(CCSC)c1cccc2ccncc12. The van der Waals surface area contributed by atoms with Gasteiger partial charge < -0.3 is 5.32 Å². The molecule has 0 aliphatic rings. The van der Waals surface area contributed by atoms with Crippen molar-refractivity contribution in [3.05, 3.63) is 42.2 Å².